The summed E-state index contributed by atoms with van der Waals surface area (Å²) in [7, 11) is 1.68. The van der Waals surface area contributed by atoms with Crippen molar-refractivity contribution in [1.82, 2.24) is 0 Å². The van der Waals surface area contributed by atoms with E-state index in [1.807, 2.05) is 24.3 Å². The van der Waals surface area contributed by atoms with E-state index in [9.17, 15) is 0 Å². The average Bonchev–Trinajstić information content (AvgIpc) is 2.16. The lowest BCUT2D eigenvalue weighted by atomic mass is 9.97. The summed E-state index contributed by atoms with van der Waals surface area (Å²) < 4.78 is 5.27. The molecule has 0 saturated carbocycles. The van der Waals surface area contributed by atoms with E-state index in [-0.39, 0.29) is 18.4 Å². The third-order valence-corrected chi connectivity index (χ3v) is 2.26. The Labute approximate surface area is 98.2 Å². The second-order valence-electron chi connectivity index (χ2n) is 3.98. The maximum Gasteiger partial charge on any atom is 0.123 e. The minimum absolute atomic E-state index is 0. The molecule has 86 valence electrons. The highest BCUT2D eigenvalue weighted by molar-refractivity contribution is 5.85. The second kappa shape index (κ2) is 6.70. The average molecular weight is 230 g/mol. The lowest BCUT2D eigenvalue weighted by Crippen LogP contribution is -2.13. The van der Waals surface area contributed by atoms with Crippen LogP contribution in [0.4, 0.5) is 0 Å². The predicted molar refractivity (Wildman–Crippen MR) is 66.6 cm³/mol. The summed E-state index contributed by atoms with van der Waals surface area (Å²) in [4.78, 5) is 0. The molecule has 1 aromatic carbocycles. The van der Waals surface area contributed by atoms with Gasteiger partial charge in [0.2, 0.25) is 0 Å². The summed E-state index contributed by atoms with van der Waals surface area (Å²) in [5.41, 5.74) is 7.19. The van der Waals surface area contributed by atoms with Gasteiger partial charge in [0.1, 0.15) is 5.75 Å². The minimum atomic E-state index is 0. The molecule has 0 aliphatic rings. The summed E-state index contributed by atoms with van der Waals surface area (Å²) >= 11 is 0. The fourth-order valence-corrected chi connectivity index (χ4v) is 1.61. The van der Waals surface area contributed by atoms with Crippen LogP contribution in [0, 0.1) is 5.92 Å². The first-order chi connectivity index (χ1) is 6.65. The Hall–Kier alpha value is -0.730. The van der Waals surface area contributed by atoms with E-state index in [0.29, 0.717) is 5.92 Å². The van der Waals surface area contributed by atoms with Crippen molar-refractivity contribution in [3.05, 3.63) is 29.8 Å². The highest BCUT2D eigenvalue weighted by Gasteiger charge is 2.12. The van der Waals surface area contributed by atoms with E-state index in [2.05, 4.69) is 13.8 Å². The van der Waals surface area contributed by atoms with E-state index >= 15 is 0 Å². The van der Waals surface area contributed by atoms with Gasteiger partial charge in [-0.05, 0) is 18.4 Å². The van der Waals surface area contributed by atoms with Gasteiger partial charge in [0.25, 0.3) is 0 Å². The molecular formula is C12H20ClNO. The number of nitrogens with two attached hydrogens (primary N) is 1. The van der Waals surface area contributed by atoms with E-state index in [0.717, 1.165) is 17.7 Å². The van der Waals surface area contributed by atoms with Crippen LogP contribution in [0.1, 0.15) is 31.9 Å². The molecule has 2 nitrogen and oxygen atoms in total. The van der Waals surface area contributed by atoms with Gasteiger partial charge in [-0.25, -0.2) is 0 Å². The molecule has 1 unspecified atom stereocenters. The fraction of sp³-hybridized carbons (Fsp3) is 0.500. The molecule has 0 aromatic heterocycles. The molecule has 0 fully saturated rings. The monoisotopic (exact) mass is 229 g/mol. The summed E-state index contributed by atoms with van der Waals surface area (Å²) in [6.07, 6.45) is 0.986. The molecule has 0 amide bonds. The highest BCUT2D eigenvalue weighted by Crippen LogP contribution is 2.26. The molecule has 1 atom stereocenters. The van der Waals surface area contributed by atoms with Gasteiger partial charge in [-0.2, -0.15) is 0 Å². The SMILES string of the molecule is COc1ccccc1C(N)CC(C)C.Cl. The Morgan fingerprint density at radius 3 is 2.40 bits per heavy atom. The number of ether oxygens (including phenoxy) is 1. The molecule has 0 spiro atoms. The summed E-state index contributed by atoms with van der Waals surface area (Å²) in [5, 5.41) is 0. The molecule has 2 N–H and O–H groups in total. The Balaban J connectivity index is 0.00000196. The van der Waals surface area contributed by atoms with Crippen molar-refractivity contribution in [2.45, 2.75) is 26.3 Å². The lowest BCUT2D eigenvalue weighted by molar-refractivity contribution is 0.399. The third kappa shape index (κ3) is 4.10. The Kier molecular flexibility index (Phi) is 6.37. The van der Waals surface area contributed by atoms with Crippen LogP contribution in [0.2, 0.25) is 0 Å². The minimum Gasteiger partial charge on any atom is -0.496 e. The van der Waals surface area contributed by atoms with Crippen LogP contribution in [-0.4, -0.2) is 7.11 Å². The molecule has 15 heavy (non-hydrogen) atoms. The van der Waals surface area contributed by atoms with Crippen LogP contribution in [0.15, 0.2) is 24.3 Å². The number of para-hydroxylation sites is 1. The molecule has 1 aromatic rings. The maximum absolute atomic E-state index is 6.09. The third-order valence-electron chi connectivity index (χ3n) is 2.26. The molecular weight excluding hydrogens is 210 g/mol. The zero-order valence-corrected chi connectivity index (χ0v) is 10.4. The van der Waals surface area contributed by atoms with Gasteiger partial charge in [-0.1, -0.05) is 32.0 Å². The quantitative estimate of drug-likeness (QED) is 0.861. The van der Waals surface area contributed by atoms with Gasteiger partial charge in [0.05, 0.1) is 7.11 Å². The van der Waals surface area contributed by atoms with Crippen molar-refractivity contribution in [2.75, 3.05) is 7.11 Å². The van der Waals surface area contributed by atoms with Crippen molar-refractivity contribution in [3.8, 4) is 5.75 Å². The fourth-order valence-electron chi connectivity index (χ4n) is 1.61. The van der Waals surface area contributed by atoms with E-state index in [1.165, 1.54) is 0 Å². The lowest BCUT2D eigenvalue weighted by Gasteiger charge is -2.17. The van der Waals surface area contributed by atoms with Gasteiger partial charge < -0.3 is 10.5 Å². The first-order valence-corrected chi connectivity index (χ1v) is 5.03. The van der Waals surface area contributed by atoms with Crippen molar-refractivity contribution in [1.29, 1.82) is 0 Å². The van der Waals surface area contributed by atoms with Gasteiger partial charge in [-0.3, -0.25) is 0 Å². The normalized spacial score (nSPS) is 12.1. The van der Waals surface area contributed by atoms with E-state index in [4.69, 9.17) is 10.5 Å². The van der Waals surface area contributed by atoms with Gasteiger partial charge >= 0.3 is 0 Å². The topological polar surface area (TPSA) is 35.2 Å². The van der Waals surface area contributed by atoms with Crippen LogP contribution in [0.25, 0.3) is 0 Å². The van der Waals surface area contributed by atoms with Crippen molar-refractivity contribution >= 4 is 12.4 Å². The van der Waals surface area contributed by atoms with Crippen molar-refractivity contribution in [2.24, 2.45) is 11.7 Å². The van der Waals surface area contributed by atoms with E-state index in [1.54, 1.807) is 7.11 Å². The first kappa shape index (κ1) is 14.3. The molecule has 0 saturated heterocycles. The smallest absolute Gasteiger partial charge is 0.123 e. The maximum atomic E-state index is 6.09. The largest absolute Gasteiger partial charge is 0.496 e. The van der Waals surface area contributed by atoms with Crippen molar-refractivity contribution < 1.29 is 4.74 Å². The Bertz CT molecular complexity index is 289. The number of benzene rings is 1. The molecule has 3 heteroatoms. The Morgan fingerprint density at radius 1 is 1.27 bits per heavy atom. The molecule has 0 bridgehead atoms. The van der Waals surface area contributed by atoms with Crippen LogP contribution in [0.3, 0.4) is 0 Å². The first-order valence-electron chi connectivity index (χ1n) is 5.03. The van der Waals surface area contributed by atoms with Gasteiger partial charge in [0.15, 0.2) is 0 Å². The van der Waals surface area contributed by atoms with E-state index < -0.39 is 0 Å². The number of halogens is 1. The molecule has 0 heterocycles. The predicted octanol–water partition coefficient (Wildman–Crippen LogP) is 3.16. The summed E-state index contributed by atoms with van der Waals surface area (Å²) in [5.74, 6) is 1.50. The Morgan fingerprint density at radius 2 is 1.87 bits per heavy atom. The van der Waals surface area contributed by atoms with Gasteiger partial charge in [-0.15, -0.1) is 12.4 Å². The van der Waals surface area contributed by atoms with Crippen LogP contribution in [-0.2, 0) is 0 Å². The number of rotatable bonds is 4. The highest BCUT2D eigenvalue weighted by atomic mass is 35.5. The molecule has 0 aliphatic heterocycles. The second-order valence-corrected chi connectivity index (χ2v) is 3.98. The zero-order valence-electron chi connectivity index (χ0n) is 9.57. The number of methoxy groups -OCH3 is 1. The standard InChI is InChI=1S/C12H19NO.ClH/c1-9(2)8-11(13)10-6-4-5-7-12(10)14-3;/h4-7,9,11H,8,13H2,1-3H3;1H. The molecule has 1 rings (SSSR count). The van der Waals surface area contributed by atoms with Crippen molar-refractivity contribution in [3.63, 3.8) is 0 Å². The number of hydrogen-bond donors (Lipinski definition) is 1. The van der Waals surface area contributed by atoms with Crippen LogP contribution < -0.4 is 10.5 Å². The zero-order chi connectivity index (χ0) is 10.6. The molecule has 0 aliphatic carbocycles. The van der Waals surface area contributed by atoms with Crippen LogP contribution >= 0.6 is 12.4 Å². The van der Waals surface area contributed by atoms with Crippen LogP contribution in [0.5, 0.6) is 5.75 Å². The van der Waals surface area contributed by atoms with Gasteiger partial charge in [0, 0.05) is 11.6 Å². The summed E-state index contributed by atoms with van der Waals surface area (Å²) in [6, 6.07) is 8.02. The molecule has 0 radical (unpaired) electrons. The summed E-state index contributed by atoms with van der Waals surface area (Å²) in [6.45, 7) is 4.35. The number of hydrogen-bond acceptors (Lipinski definition) is 2.